The summed E-state index contributed by atoms with van der Waals surface area (Å²) in [5, 5.41) is 4.53. The third-order valence-electron chi connectivity index (χ3n) is 4.88. The summed E-state index contributed by atoms with van der Waals surface area (Å²) in [4.78, 5) is 0. The molecular weight excluding hydrogens is 278 g/mol. The molecule has 1 unspecified atom stereocenters. The summed E-state index contributed by atoms with van der Waals surface area (Å²) in [6.07, 6.45) is 3.36. The summed E-state index contributed by atoms with van der Waals surface area (Å²) in [5.41, 5.74) is 6.79. The number of benzene rings is 2. The Morgan fingerprint density at radius 3 is 2.76 bits per heavy atom. The second-order valence-corrected chi connectivity index (χ2v) is 6.95. The van der Waals surface area contributed by atoms with Crippen LogP contribution in [0.3, 0.4) is 0 Å². The van der Waals surface area contributed by atoms with Crippen LogP contribution in [0, 0.1) is 0 Å². The number of hydrogen-bond acceptors (Lipinski definition) is 1. The lowest BCUT2D eigenvalue weighted by atomic mass is 9.76. The highest BCUT2D eigenvalue weighted by Gasteiger charge is 2.42. The van der Waals surface area contributed by atoms with E-state index in [1.807, 2.05) is 6.07 Å². The van der Waals surface area contributed by atoms with Gasteiger partial charge in [0.1, 0.15) is 0 Å². The van der Waals surface area contributed by atoms with Crippen molar-refractivity contribution in [2.45, 2.75) is 31.7 Å². The molecule has 1 atom stereocenters. The lowest BCUT2D eigenvalue weighted by Gasteiger charge is -2.29. The number of fused-ring (bicyclic) bond motifs is 2. The van der Waals surface area contributed by atoms with Crippen molar-refractivity contribution in [2.24, 2.45) is 0 Å². The fourth-order valence-corrected chi connectivity index (χ4v) is 3.90. The Morgan fingerprint density at radius 1 is 1.14 bits per heavy atom. The van der Waals surface area contributed by atoms with E-state index in [0.29, 0.717) is 6.04 Å². The van der Waals surface area contributed by atoms with Crippen LogP contribution in [0.4, 0.5) is 5.69 Å². The minimum Gasteiger partial charge on any atom is -0.377 e. The fraction of sp³-hybridized carbons (Fsp3) is 0.263. The van der Waals surface area contributed by atoms with Crippen molar-refractivity contribution in [1.29, 1.82) is 0 Å². The van der Waals surface area contributed by atoms with E-state index in [-0.39, 0.29) is 5.41 Å². The highest BCUT2D eigenvalue weighted by molar-refractivity contribution is 6.30. The van der Waals surface area contributed by atoms with Gasteiger partial charge in [-0.3, -0.25) is 0 Å². The molecule has 21 heavy (non-hydrogen) atoms. The quantitative estimate of drug-likeness (QED) is 0.776. The standard InChI is InChI=1S/C19H18ClN/c1-19(2)16-5-3-4-6-17(16)21-18(19)14-10-8-12-7-9-13(20)11-15(12)14/h3-7,9-11,18,21H,8H2,1-2H3. The summed E-state index contributed by atoms with van der Waals surface area (Å²) in [6, 6.07) is 15.2. The number of para-hydroxylation sites is 1. The van der Waals surface area contributed by atoms with Gasteiger partial charge in [-0.1, -0.05) is 55.8 Å². The third kappa shape index (κ3) is 1.84. The minimum absolute atomic E-state index is 0.0757. The molecule has 0 amide bonds. The first-order valence-corrected chi connectivity index (χ1v) is 7.80. The van der Waals surface area contributed by atoms with Crippen molar-refractivity contribution in [3.8, 4) is 0 Å². The van der Waals surface area contributed by atoms with E-state index in [1.54, 1.807) is 0 Å². The summed E-state index contributed by atoms with van der Waals surface area (Å²) < 4.78 is 0. The zero-order valence-electron chi connectivity index (χ0n) is 12.3. The minimum atomic E-state index is 0.0757. The van der Waals surface area contributed by atoms with E-state index in [9.17, 15) is 0 Å². The molecule has 1 aliphatic heterocycles. The van der Waals surface area contributed by atoms with Crippen LogP contribution in [0.5, 0.6) is 0 Å². The van der Waals surface area contributed by atoms with Crippen molar-refractivity contribution < 1.29 is 0 Å². The van der Waals surface area contributed by atoms with Gasteiger partial charge in [0.15, 0.2) is 0 Å². The van der Waals surface area contributed by atoms with E-state index in [4.69, 9.17) is 11.6 Å². The lowest BCUT2D eigenvalue weighted by molar-refractivity contribution is 0.527. The van der Waals surface area contributed by atoms with E-state index >= 15 is 0 Å². The molecule has 1 heterocycles. The van der Waals surface area contributed by atoms with Crippen molar-refractivity contribution in [3.63, 3.8) is 0 Å². The smallest absolute Gasteiger partial charge is 0.0608 e. The molecular formula is C19H18ClN. The normalized spacial score (nSPS) is 21.5. The van der Waals surface area contributed by atoms with Crippen LogP contribution in [0.1, 0.15) is 30.5 Å². The molecule has 1 aliphatic carbocycles. The van der Waals surface area contributed by atoms with Gasteiger partial charge in [0, 0.05) is 16.1 Å². The van der Waals surface area contributed by atoms with Gasteiger partial charge in [0.25, 0.3) is 0 Å². The molecule has 2 aromatic carbocycles. The predicted molar refractivity (Wildman–Crippen MR) is 90.0 cm³/mol. The zero-order chi connectivity index (χ0) is 14.6. The number of rotatable bonds is 1. The lowest BCUT2D eigenvalue weighted by Crippen LogP contribution is -2.34. The SMILES string of the molecule is CC1(C)c2ccccc2NC1C1=CCc2ccc(Cl)cc21. The fourth-order valence-electron chi connectivity index (χ4n) is 3.73. The van der Waals surface area contributed by atoms with E-state index < -0.39 is 0 Å². The first-order chi connectivity index (χ1) is 10.1. The molecule has 1 N–H and O–H groups in total. The molecule has 0 fully saturated rings. The molecule has 0 saturated heterocycles. The Balaban J connectivity index is 1.80. The molecule has 2 aromatic rings. The molecule has 1 nitrogen and oxygen atoms in total. The molecule has 106 valence electrons. The highest BCUT2D eigenvalue weighted by Crippen LogP contribution is 2.47. The predicted octanol–water partition coefficient (Wildman–Crippen LogP) is 5.05. The summed E-state index contributed by atoms with van der Waals surface area (Å²) in [5.74, 6) is 0. The monoisotopic (exact) mass is 295 g/mol. The molecule has 4 rings (SSSR count). The van der Waals surface area contributed by atoms with Crippen LogP contribution in [-0.4, -0.2) is 6.04 Å². The maximum Gasteiger partial charge on any atom is 0.0608 e. The van der Waals surface area contributed by atoms with Gasteiger partial charge in [-0.25, -0.2) is 0 Å². The topological polar surface area (TPSA) is 12.0 Å². The zero-order valence-corrected chi connectivity index (χ0v) is 13.0. The van der Waals surface area contributed by atoms with Crippen LogP contribution in [0.25, 0.3) is 5.57 Å². The molecule has 2 heteroatoms. The van der Waals surface area contributed by atoms with E-state index in [1.165, 1.54) is 28.0 Å². The Morgan fingerprint density at radius 2 is 1.95 bits per heavy atom. The van der Waals surface area contributed by atoms with Crippen molar-refractivity contribution in [1.82, 2.24) is 0 Å². The second-order valence-electron chi connectivity index (χ2n) is 6.51. The van der Waals surface area contributed by atoms with Crippen LogP contribution < -0.4 is 5.32 Å². The van der Waals surface area contributed by atoms with Crippen LogP contribution >= 0.6 is 11.6 Å². The maximum absolute atomic E-state index is 6.21. The number of halogens is 1. The van der Waals surface area contributed by atoms with Gasteiger partial charge < -0.3 is 5.32 Å². The summed E-state index contributed by atoms with van der Waals surface area (Å²) in [7, 11) is 0. The average molecular weight is 296 g/mol. The first kappa shape index (κ1) is 13.0. The Bertz CT molecular complexity index is 758. The second kappa shape index (κ2) is 4.38. The molecule has 0 saturated carbocycles. The number of nitrogens with one attached hydrogen (secondary N) is 1. The van der Waals surface area contributed by atoms with E-state index in [2.05, 4.69) is 61.6 Å². The number of hydrogen-bond donors (Lipinski definition) is 1. The van der Waals surface area contributed by atoms with Gasteiger partial charge in [-0.05, 0) is 46.9 Å². The van der Waals surface area contributed by atoms with Crippen molar-refractivity contribution in [2.75, 3.05) is 5.32 Å². The summed E-state index contributed by atoms with van der Waals surface area (Å²) in [6.45, 7) is 4.64. The molecule has 2 aliphatic rings. The van der Waals surface area contributed by atoms with Crippen LogP contribution in [-0.2, 0) is 11.8 Å². The maximum atomic E-state index is 6.21. The van der Waals surface area contributed by atoms with Crippen LogP contribution in [0.2, 0.25) is 5.02 Å². The first-order valence-electron chi connectivity index (χ1n) is 7.42. The molecule has 0 aromatic heterocycles. The van der Waals surface area contributed by atoms with Gasteiger partial charge in [0.2, 0.25) is 0 Å². The molecule has 0 bridgehead atoms. The van der Waals surface area contributed by atoms with Gasteiger partial charge in [-0.15, -0.1) is 0 Å². The average Bonchev–Trinajstić information content (AvgIpc) is 2.98. The largest absolute Gasteiger partial charge is 0.377 e. The highest BCUT2D eigenvalue weighted by atomic mass is 35.5. The van der Waals surface area contributed by atoms with Gasteiger partial charge in [-0.2, -0.15) is 0 Å². The third-order valence-corrected chi connectivity index (χ3v) is 5.11. The molecule has 0 spiro atoms. The Labute approximate surface area is 130 Å². The van der Waals surface area contributed by atoms with Crippen LogP contribution in [0.15, 0.2) is 48.5 Å². The van der Waals surface area contributed by atoms with Gasteiger partial charge >= 0.3 is 0 Å². The van der Waals surface area contributed by atoms with Crippen molar-refractivity contribution >= 4 is 22.9 Å². The molecule has 0 radical (unpaired) electrons. The Kier molecular flexibility index (Phi) is 2.71. The van der Waals surface area contributed by atoms with E-state index in [0.717, 1.165) is 11.4 Å². The van der Waals surface area contributed by atoms with Gasteiger partial charge in [0.05, 0.1) is 6.04 Å². The number of anilines is 1. The number of allylic oxidation sites excluding steroid dienone is 1. The Hall–Kier alpha value is -1.73. The summed E-state index contributed by atoms with van der Waals surface area (Å²) >= 11 is 6.21. The van der Waals surface area contributed by atoms with Crippen molar-refractivity contribution in [3.05, 3.63) is 70.3 Å².